The Labute approximate surface area is 178 Å². The highest BCUT2D eigenvalue weighted by Crippen LogP contribution is 2.33. The van der Waals surface area contributed by atoms with Gasteiger partial charge in [0.15, 0.2) is 0 Å². The van der Waals surface area contributed by atoms with Gasteiger partial charge in [-0.05, 0) is 42.0 Å². The molecule has 0 aliphatic carbocycles. The summed E-state index contributed by atoms with van der Waals surface area (Å²) in [5.41, 5.74) is 4.24. The van der Waals surface area contributed by atoms with Crippen LogP contribution in [0, 0.1) is 5.82 Å². The van der Waals surface area contributed by atoms with Crippen LogP contribution in [0.25, 0.3) is 11.3 Å². The summed E-state index contributed by atoms with van der Waals surface area (Å²) >= 11 is 1.32. The van der Waals surface area contributed by atoms with Gasteiger partial charge in [0, 0.05) is 41.2 Å². The third kappa shape index (κ3) is 3.95. The van der Waals surface area contributed by atoms with Crippen molar-refractivity contribution in [3.8, 4) is 11.3 Å². The number of anilines is 3. The lowest BCUT2D eigenvalue weighted by molar-refractivity contribution is 0.0930. The largest absolute Gasteiger partial charge is 0.351 e. The molecule has 154 valence electrons. The highest BCUT2D eigenvalue weighted by molar-refractivity contribution is 7.99. The van der Waals surface area contributed by atoms with E-state index in [1.165, 1.54) is 18.0 Å². The summed E-state index contributed by atoms with van der Waals surface area (Å²) in [5.74, 6) is 0.0288. The topological polar surface area (TPSA) is 78.9 Å². The molecule has 1 aliphatic rings. The maximum absolute atomic E-state index is 13.8. The molecule has 3 N–H and O–H groups in total. The number of halogens is 1. The van der Waals surface area contributed by atoms with Gasteiger partial charge in [-0.1, -0.05) is 31.9 Å². The first-order chi connectivity index (χ1) is 14.4. The Morgan fingerprint density at radius 1 is 1.17 bits per heavy atom. The van der Waals surface area contributed by atoms with Crippen molar-refractivity contribution >= 4 is 35.2 Å². The maximum atomic E-state index is 13.8. The van der Waals surface area contributed by atoms with Gasteiger partial charge >= 0.3 is 0 Å². The Morgan fingerprint density at radius 3 is 2.80 bits per heavy atom. The van der Waals surface area contributed by atoms with E-state index in [0.29, 0.717) is 29.4 Å². The number of fused-ring (bicyclic) bond motifs is 1. The number of nitrogens with one attached hydrogen (secondary N) is 3. The number of hydrogen-bond donors (Lipinski definition) is 3. The van der Waals surface area contributed by atoms with Crippen LogP contribution in [0.15, 0.2) is 48.7 Å². The lowest BCUT2D eigenvalue weighted by Crippen LogP contribution is -2.43. The summed E-state index contributed by atoms with van der Waals surface area (Å²) in [6, 6.07) is 12.3. The zero-order valence-corrected chi connectivity index (χ0v) is 17.7. The third-order valence-corrected chi connectivity index (χ3v) is 5.49. The Balaban J connectivity index is 1.65. The number of benzene rings is 2. The Kier molecular flexibility index (Phi) is 5.34. The summed E-state index contributed by atoms with van der Waals surface area (Å²) < 4.78 is 16.8. The quantitative estimate of drug-likeness (QED) is 0.515. The molecule has 0 spiro atoms. The van der Waals surface area contributed by atoms with Crippen LogP contribution in [0.4, 0.5) is 21.7 Å². The zero-order chi connectivity index (χ0) is 21.3. The molecule has 1 aromatic heterocycles. The first-order valence-corrected chi connectivity index (χ1v) is 10.7. The van der Waals surface area contributed by atoms with E-state index in [-0.39, 0.29) is 17.1 Å². The molecule has 0 bridgehead atoms. The summed E-state index contributed by atoms with van der Waals surface area (Å²) in [4.78, 5) is 21.1. The molecule has 6 nitrogen and oxygen atoms in total. The highest BCUT2D eigenvalue weighted by atomic mass is 32.2. The molecule has 0 fully saturated rings. The van der Waals surface area contributed by atoms with Crippen molar-refractivity contribution in [3.63, 3.8) is 0 Å². The van der Waals surface area contributed by atoms with Gasteiger partial charge in [-0.15, -0.1) is 0 Å². The lowest BCUT2D eigenvalue weighted by Gasteiger charge is -2.32. The molecule has 1 amide bonds. The van der Waals surface area contributed by atoms with E-state index in [1.807, 2.05) is 30.5 Å². The van der Waals surface area contributed by atoms with Crippen LogP contribution in [-0.2, 0) is 5.41 Å². The summed E-state index contributed by atoms with van der Waals surface area (Å²) in [6.07, 6.45) is 3.50. The van der Waals surface area contributed by atoms with E-state index in [2.05, 4.69) is 39.2 Å². The van der Waals surface area contributed by atoms with E-state index in [0.717, 1.165) is 16.8 Å². The fourth-order valence-electron chi connectivity index (χ4n) is 3.45. The first kappa shape index (κ1) is 20.2. The number of hydrogen-bond acceptors (Lipinski definition) is 6. The average Bonchev–Trinajstić information content (AvgIpc) is 2.74. The molecule has 0 radical (unpaired) electrons. The molecule has 0 saturated carbocycles. The number of nitrogens with zero attached hydrogens (tertiary/aromatic N) is 2. The number of amides is 1. The molecular formula is C22H22FN5OS. The van der Waals surface area contributed by atoms with Crippen LogP contribution in [0.2, 0.25) is 0 Å². The second kappa shape index (κ2) is 7.95. The van der Waals surface area contributed by atoms with Crippen LogP contribution in [0.3, 0.4) is 0 Å². The predicted molar refractivity (Wildman–Crippen MR) is 120 cm³/mol. The van der Waals surface area contributed by atoms with Gasteiger partial charge < -0.3 is 15.4 Å². The molecule has 8 heteroatoms. The van der Waals surface area contributed by atoms with Gasteiger partial charge in [-0.3, -0.25) is 4.79 Å². The van der Waals surface area contributed by atoms with Crippen molar-refractivity contribution < 1.29 is 9.18 Å². The van der Waals surface area contributed by atoms with Crippen molar-refractivity contribution in [3.05, 3.63) is 65.6 Å². The van der Waals surface area contributed by atoms with Crippen LogP contribution < -0.4 is 15.4 Å². The number of aromatic nitrogens is 2. The molecule has 30 heavy (non-hydrogen) atoms. The molecule has 0 unspecified atom stereocenters. The van der Waals surface area contributed by atoms with Gasteiger partial charge in [-0.2, -0.15) is 0 Å². The normalized spacial score (nSPS) is 14.6. The summed E-state index contributed by atoms with van der Waals surface area (Å²) in [7, 11) is 0. The van der Waals surface area contributed by atoms with Gasteiger partial charge in [0.2, 0.25) is 5.95 Å². The Morgan fingerprint density at radius 2 is 2.00 bits per heavy atom. The zero-order valence-electron chi connectivity index (χ0n) is 16.9. The van der Waals surface area contributed by atoms with Crippen LogP contribution in [0.1, 0.15) is 29.8 Å². The predicted octanol–water partition coefficient (Wildman–Crippen LogP) is 4.74. The second-order valence-electron chi connectivity index (χ2n) is 7.72. The number of carbonyl (C=O) groups is 1. The minimum absolute atomic E-state index is 0.0492. The molecule has 2 heterocycles. The van der Waals surface area contributed by atoms with Crippen LogP contribution in [0.5, 0.6) is 0 Å². The smallest absolute Gasteiger partial charge is 0.251 e. The van der Waals surface area contributed by atoms with Gasteiger partial charge in [0.25, 0.3) is 5.91 Å². The fourth-order valence-corrected chi connectivity index (χ4v) is 3.83. The molecule has 0 atom stereocenters. The second-order valence-corrected chi connectivity index (χ2v) is 8.33. The van der Waals surface area contributed by atoms with E-state index >= 15 is 0 Å². The number of carbonyl (C=O) groups excluding carboxylic acids is 1. The lowest BCUT2D eigenvalue weighted by atomic mass is 9.78. The van der Waals surface area contributed by atoms with Crippen LogP contribution >= 0.6 is 11.9 Å². The van der Waals surface area contributed by atoms with Crippen molar-refractivity contribution in [2.45, 2.75) is 19.3 Å². The monoisotopic (exact) mass is 423 g/mol. The third-order valence-electron chi connectivity index (χ3n) is 5.07. The number of rotatable bonds is 5. The standard InChI is InChI=1S/C22H22FN5OS/c1-22(2)12-25-20(29)15-6-4-13(10-16(15)22)18-8-9-24-21(27-18)26-14-5-7-17(23)19(11-14)28-30-3/h4-11,28H,12H2,1-3H3,(H,25,29)(H,24,26,27). The van der Waals surface area contributed by atoms with E-state index < -0.39 is 0 Å². The van der Waals surface area contributed by atoms with E-state index in [4.69, 9.17) is 0 Å². The Hall–Kier alpha value is -3.13. The van der Waals surface area contributed by atoms with Gasteiger partial charge in [0.1, 0.15) is 5.82 Å². The van der Waals surface area contributed by atoms with E-state index in [1.54, 1.807) is 18.3 Å². The highest BCUT2D eigenvalue weighted by Gasteiger charge is 2.31. The average molecular weight is 424 g/mol. The fraction of sp³-hybridized carbons (Fsp3) is 0.227. The molecule has 4 rings (SSSR count). The van der Waals surface area contributed by atoms with Gasteiger partial charge in [-0.25, -0.2) is 14.4 Å². The van der Waals surface area contributed by atoms with Crippen molar-refractivity contribution in [2.24, 2.45) is 0 Å². The van der Waals surface area contributed by atoms with Gasteiger partial charge in [0.05, 0.1) is 11.4 Å². The van der Waals surface area contributed by atoms with Crippen LogP contribution in [-0.4, -0.2) is 28.7 Å². The van der Waals surface area contributed by atoms with Crippen molar-refractivity contribution in [1.29, 1.82) is 0 Å². The minimum Gasteiger partial charge on any atom is -0.351 e. The molecular weight excluding hydrogens is 401 g/mol. The molecule has 1 aliphatic heterocycles. The maximum Gasteiger partial charge on any atom is 0.251 e. The molecule has 3 aromatic rings. The summed E-state index contributed by atoms with van der Waals surface area (Å²) in [5, 5.41) is 6.06. The summed E-state index contributed by atoms with van der Waals surface area (Å²) in [6.45, 7) is 4.81. The van der Waals surface area contributed by atoms with Crippen molar-refractivity contribution in [1.82, 2.24) is 15.3 Å². The Bertz CT molecular complexity index is 1120. The van der Waals surface area contributed by atoms with Crippen molar-refractivity contribution in [2.75, 3.05) is 22.8 Å². The molecule has 2 aromatic carbocycles. The van der Waals surface area contributed by atoms with E-state index in [9.17, 15) is 9.18 Å². The molecule has 0 saturated heterocycles. The SMILES string of the molecule is CSNc1cc(Nc2nccc(-c3ccc4c(c3)C(C)(C)CNC4=O)n2)ccc1F. The first-order valence-electron chi connectivity index (χ1n) is 9.49. The minimum atomic E-state index is -0.328.